The van der Waals surface area contributed by atoms with Crippen molar-refractivity contribution in [3.63, 3.8) is 0 Å². The summed E-state index contributed by atoms with van der Waals surface area (Å²) < 4.78 is 11.2. The van der Waals surface area contributed by atoms with Crippen LogP contribution in [0.1, 0.15) is 58.4 Å². The molecule has 6 heteroatoms. The van der Waals surface area contributed by atoms with Crippen LogP contribution in [-0.4, -0.2) is 40.4 Å². The van der Waals surface area contributed by atoms with Gasteiger partial charge in [0.05, 0.1) is 0 Å². The third kappa shape index (κ3) is 4.37. The highest BCUT2D eigenvalue weighted by Crippen LogP contribution is 2.47. The first-order chi connectivity index (χ1) is 14.2. The Balaban J connectivity index is 1.56. The Morgan fingerprint density at radius 3 is 2.40 bits per heavy atom. The number of nitrogens with zero attached hydrogens (tertiary/aromatic N) is 1. The van der Waals surface area contributed by atoms with Crippen molar-refractivity contribution in [3.8, 4) is 0 Å². The quantitative estimate of drug-likeness (QED) is 0.679. The van der Waals surface area contributed by atoms with E-state index in [-0.39, 0.29) is 24.3 Å². The molecule has 4 aliphatic rings. The number of ketones is 1. The maximum absolute atomic E-state index is 13.2. The van der Waals surface area contributed by atoms with Crippen LogP contribution in [0.15, 0.2) is 30.3 Å². The van der Waals surface area contributed by atoms with E-state index in [4.69, 9.17) is 9.47 Å². The predicted octanol–water partition coefficient (Wildman–Crippen LogP) is 4.11. The largest absolute Gasteiger partial charge is 0.459 e. The van der Waals surface area contributed by atoms with Crippen LogP contribution in [0, 0.1) is 17.8 Å². The summed E-state index contributed by atoms with van der Waals surface area (Å²) in [6.07, 6.45) is 3.94. The lowest BCUT2D eigenvalue weighted by atomic mass is 9.66. The lowest BCUT2D eigenvalue weighted by Crippen LogP contribution is -2.67. The van der Waals surface area contributed by atoms with Crippen LogP contribution in [0.2, 0.25) is 0 Å². The minimum atomic E-state index is -0.898. The van der Waals surface area contributed by atoms with Crippen molar-refractivity contribution in [1.82, 2.24) is 4.90 Å². The summed E-state index contributed by atoms with van der Waals surface area (Å²) in [6, 6.07) is 8.23. The third-order valence-electron chi connectivity index (χ3n) is 6.36. The summed E-state index contributed by atoms with van der Waals surface area (Å²) in [5.41, 5.74) is 0.191. The van der Waals surface area contributed by atoms with Gasteiger partial charge < -0.3 is 9.47 Å². The Morgan fingerprint density at radius 2 is 1.77 bits per heavy atom. The van der Waals surface area contributed by atoms with Crippen molar-refractivity contribution in [2.75, 3.05) is 0 Å². The summed E-state index contributed by atoms with van der Waals surface area (Å²) in [5.74, 6) is -0.518. The van der Waals surface area contributed by atoms with E-state index in [1.165, 1.54) is 0 Å². The van der Waals surface area contributed by atoms with E-state index in [0.29, 0.717) is 12.3 Å². The van der Waals surface area contributed by atoms with E-state index >= 15 is 0 Å². The summed E-state index contributed by atoms with van der Waals surface area (Å²) in [7, 11) is 0. The Morgan fingerprint density at radius 1 is 1.07 bits per heavy atom. The van der Waals surface area contributed by atoms with Crippen molar-refractivity contribution < 1.29 is 23.9 Å². The van der Waals surface area contributed by atoms with Crippen molar-refractivity contribution in [2.45, 2.75) is 77.2 Å². The average molecular weight is 414 g/mol. The molecule has 6 nitrogen and oxygen atoms in total. The number of hydrogen-bond acceptors (Lipinski definition) is 5. The molecule has 2 aliphatic heterocycles. The van der Waals surface area contributed by atoms with Crippen LogP contribution in [0.3, 0.4) is 0 Å². The molecule has 2 saturated carbocycles. The number of fused-ring (bicyclic) bond motifs is 3. The highest BCUT2D eigenvalue weighted by Gasteiger charge is 2.58. The summed E-state index contributed by atoms with van der Waals surface area (Å²) >= 11 is 0. The molecule has 1 aromatic rings. The number of esters is 1. The molecule has 2 aliphatic carbocycles. The number of carbonyl (C=O) groups is 3. The number of Topliss-reactive ketones (excluding diaryl/α,β-unsaturated/α-hetero) is 1. The summed E-state index contributed by atoms with van der Waals surface area (Å²) in [6.45, 7) is 5.55. The van der Waals surface area contributed by atoms with Gasteiger partial charge in [-0.2, -0.15) is 0 Å². The lowest BCUT2D eigenvalue weighted by molar-refractivity contribution is -0.169. The van der Waals surface area contributed by atoms with Gasteiger partial charge >= 0.3 is 12.1 Å². The third-order valence-corrected chi connectivity index (χ3v) is 6.36. The fourth-order valence-corrected chi connectivity index (χ4v) is 4.85. The molecular weight excluding hydrogens is 382 g/mol. The van der Waals surface area contributed by atoms with Crippen molar-refractivity contribution >= 4 is 17.8 Å². The number of amides is 1. The van der Waals surface area contributed by atoms with Gasteiger partial charge in [0.25, 0.3) is 0 Å². The molecular formula is C24H31NO5. The number of ether oxygens (including phenoxy) is 2. The normalized spacial score (nSPS) is 28.4. The van der Waals surface area contributed by atoms with Gasteiger partial charge in [0.15, 0.2) is 0 Å². The molecule has 1 aromatic carbocycles. The molecule has 1 unspecified atom stereocenters. The molecule has 0 N–H and O–H groups in total. The first-order valence-corrected chi connectivity index (χ1v) is 11.0. The van der Waals surface area contributed by atoms with Gasteiger partial charge in [0, 0.05) is 17.9 Å². The van der Waals surface area contributed by atoms with Crippen molar-refractivity contribution in [3.05, 3.63) is 35.9 Å². The van der Waals surface area contributed by atoms with Gasteiger partial charge in [0.1, 0.15) is 24.0 Å². The van der Waals surface area contributed by atoms with Crippen molar-refractivity contribution in [2.24, 2.45) is 17.8 Å². The molecule has 4 fully saturated rings. The van der Waals surface area contributed by atoms with E-state index in [0.717, 1.165) is 31.2 Å². The van der Waals surface area contributed by atoms with Gasteiger partial charge in [-0.3, -0.25) is 9.69 Å². The van der Waals surface area contributed by atoms with Crippen LogP contribution in [-0.2, 0) is 25.7 Å². The molecule has 0 radical (unpaired) electrons. The van der Waals surface area contributed by atoms with E-state index in [1.54, 1.807) is 4.90 Å². The average Bonchev–Trinajstić information content (AvgIpc) is 3.51. The zero-order chi connectivity index (χ0) is 21.5. The van der Waals surface area contributed by atoms with E-state index in [2.05, 4.69) is 0 Å². The number of piperidine rings is 2. The van der Waals surface area contributed by atoms with Gasteiger partial charge in [-0.1, -0.05) is 43.2 Å². The molecule has 1 amide bonds. The maximum Gasteiger partial charge on any atom is 0.411 e. The van der Waals surface area contributed by atoms with Crippen LogP contribution >= 0.6 is 0 Å². The molecule has 162 valence electrons. The van der Waals surface area contributed by atoms with Crippen LogP contribution in [0.4, 0.5) is 4.79 Å². The Bertz CT molecular complexity index is 811. The Labute approximate surface area is 177 Å². The zero-order valence-electron chi connectivity index (χ0n) is 18.0. The highest BCUT2D eigenvalue weighted by atomic mass is 16.6. The van der Waals surface area contributed by atoms with Gasteiger partial charge in [-0.25, -0.2) is 9.59 Å². The molecule has 4 atom stereocenters. The summed E-state index contributed by atoms with van der Waals surface area (Å²) in [4.78, 5) is 41.0. The lowest BCUT2D eigenvalue weighted by Gasteiger charge is -2.52. The molecule has 2 saturated heterocycles. The Kier molecular flexibility index (Phi) is 5.60. The molecule has 0 spiro atoms. The Hall–Kier alpha value is -2.37. The van der Waals surface area contributed by atoms with E-state index in [9.17, 15) is 14.4 Å². The monoisotopic (exact) mass is 413 g/mol. The number of benzene rings is 1. The molecule has 2 bridgehead atoms. The fraction of sp³-hybridized carbons (Fsp3) is 0.625. The molecule has 30 heavy (non-hydrogen) atoms. The molecule has 2 heterocycles. The highest BCUT2D eigenvalue weighted by molar-refractivity contribution is 5.95. The minimum Gasteiger partial charge on any atom is -0.459 e. The first kappa shape index (κ1) is 20.9. The topological polar surface area (TPSA) is 72.9 Å². The number of carbonyl (C=O) groups excluding carboxylic acids is 3. The molecule has 0 aromatic heterocycles. The van der Waals surface area contributed by atoms with Crippen LogP contribution in [0.5, 0.6) is 0 Å². The molecule has 5 rings (SSSR count). The number of rotatable bonds is 5. The maximum atomic E-state index is 13.2. The predicted molar refractivity (Wildman–Crippen MR) is 110 cm³/mol. The second-order valence-corrected chi connectivity index (χ2v) is 9.86. The SMILES string of the molecule is CC(C)(C)OC(=O)N1[C@H]2CC[C@H](C(=O)C2CC2CC2)[C@@H]1C(=O)OCc1ccccc1. The fourth-order valence-electron chi connectivity index (χ4n) is 4.85. The summed E-state index contributed by atoms with van der Waals surface area (Å²) in [5, 5.41) is 0. The van der Waals surface area contributed by atoms with Crippen molar-refractivity contribution in [1.29, 1.82) is 0 Å². The second kappa shape index (κ2) is 8.05. The smallest absolute Gasteiger partial charge is 0.411 e. The van der Waals surface area contributed by atoms with E-state index in [1.807, 2.05) is 51.1 Å². The second-order valence-electron chi connectivity index (χ2n) is 9.86. The number of hydrogen-bond donors (Lipinski definition) is 0. The van der Waals surface area contributed by atoms with E-state index < -0.39 is 29.6 Å². The van der Waals surface area contributed by atoms with Gasteiger partial charge in [-0.15, -0.1) is 0 Å². The first-order valence-electron chi connectivity index (χ1n) is 11.0. The van der Waals surface area contributed by atoms with Gasteiger partial charge in [0.2, 0.25) is 0 Å². The van der Waals surface area contributed by atoms with Crippen LogP contribution in [0.25, 0.3) is 0 Å². The van der Waals surface area contributed by atoms with Crippen LogP contribution < -0.4 is 0 Å². The minimum absolute atomic E-state index is 0.120. The van der Waals surface area contributed by atoms with Gasteiger partial charge in [-0.05, 0) is 51.5 Å². The standard InChI is InChI=1S/C24H31NO5/c1-24(2,3)30-23(28)25-19-12-11-17(21(26)18(19)13-15-9-10-15)20(25)22(27)29-14-16-7-5-4-6-8-16/h4-8,15,17-20H,9-14H2,1-3H3/t17-,18?,19-,20+/m0/s1. The zero-order valence-corrected chi connectivity index (χ0v) is 18.0.